The quantitative estimate of drug-likeness (QED) is 0.117. The molecule has 3 aliphatic rings. The second-order valence-electron chi connectivity index (χ2n) is 17.5. The van der Waals surface area contributed by atoms with Crippen molar-refractivity contribution in [2.24, 2.45) is 17.0 Å². The van der Waals surface area contributed by atoms with E-state index in [2.05, 4.69) is 67.4 Å². The molecule has 3 N–H and O–H groups in total. The van der Waals surface area contributed by atoms with E-state index in [9.17, 15) is 18.0 Å². The summed E-state index contributed by atoms with van der Waals surface area (Å²) >= 11 is 6.52. The van der Waals surface area contributed by atoms with E-state index < -0.39 is 30.4 Å². The Morgan fingerprint density at radius 2 is 1.69 bits per heavy atom. The number of methoxy groups -OCH3 is 1. The first-order chi connectivity index (χ1) is 28.1. The predicted molar refractivity (Wildman–Crippen MR) is 236 cm³/mol. The summed E-state index contributed by atoms with van der Waals surface area (Å²) in [6.07, 6.45) is 4.20. The number of carbonyl (C=O) groups is 2. The van der Waals surface area contributed by atoms with Crippen LogP contribution in [0.1, 0.15) is 74.4 Å². The molecule has 4 aromatic carbocycles. The fraction of sp³-hybridized carbons (Fsp3) is 0.435. The van der Waals surface area contributed by atoms with Gasteiger partial charge in [0.15, 0.2) is 0 Å². The molecule has 7 rings (SSSR count). The number of nitrogens with two attached hydrogens (primary N) is 1. The largest absolute Gasteiger partial charge is 0.490 e. The first-order valence-corrected chi connectivity index (χ1v) is 24.6. The molecule has 4 atom stereocenters. The SMILES string of the molecule is COC(=O)c1ccc2c(c1)N(C[C@@H]1CC[C@H]1[C@@H](CC(=O)NCCS(N)(=O)=O)O[Si](c1ccccc1)(c1ccccc1)C(C)(C)C)CC1(CCCc3cc(Cl)ccc31)CO2. The standard InChI is InChI=1S/C46H56ClN3O7SSi/c1-45(2,3)59(36-13-7-5-8-14-36,37-15-9-6-10-16-37)57-42(28-43(51)49-24-25-58(48,53)54)38-20-17-34(38)29-50-30-46(23-11-12-32-26-35(47)19-21-39(32)46)31-56-41-22-18-33(27-40(41)50)44(52)55-4/h5-10,13-16,18-19,21-22,26-27,34,38,42H,11-12,17,20,23-25,28-31H2,1-4H3,(H,49,51)(H2,48,53,54)/t34-,38+,42+,46?/m0/s1. The van der Waals surface area contributed by atoms with Gasteiger partial charge in [-0.1, -0.05) is 99.1 Å². The molecule has 0 aromatic heterocycles. The van der Waals surface area contributed by atoms with E-state index >= 15 is 0 Å². The molecule has 1 saturated carbocycles. The second kappa shape index (κ2) is 17.4. The van der Waals surface area contributed by atoms with Gasteiger partial charge in [0.1, 0.15) is 5.75 Å². The van der Waals surface area contributed by atoms with Crippen molar-refractivity contribution in [3.05, 3.63) is 119 Å². The van der Waals surface area contributed by atoms with Crippen molar-refractivity contribution in [2.75, 3.05) is 44.0 Å². The van der Waals surface area contributed by atoms with Crippen LogP contribution in [0.15, 0.2) is 97.1 Å². The molecule has 2 aliphatic carbocycles. The minimum atomic E-state index is -3.76. The van der Waals surface area contributed by atoms with E-state index in [0.717, 1.165) is 53.2 Å². The third kappa shape index (κ3) is 9.12. The monoisotopic (exact) mass is 857 g/mol. The number of nitrogens with one attached hydrogen (secondary N) is 1. The van der Waals surface area contributed by atoms with Crippen molar-refractivity contribution in [2.45, 2.75) is 75.9 Å². The van der Waals surface area contributed by atoms with E-state index in [1.165, 1.54) is 18.2 Å². The lowest BCUT2D eigenvalue weighted by Crippen LogP contribution is -2.69. The Hall–Kier alpha value is -4.20. The van der Waals surface area contributed by atoms with Crippen LogP contribution in [0.2, 0.25) is 10.1 Å². The number of hydrogen-bond donors (Lipinski definition) is 2. The molecule has 59 heavy (non-hydrogen) atoms. The topological polar surface area (TPSA) is 137 Å². The fourth-order valence-electron chi connectivity index (χ4n) is 9.74. The number of nitrogens with zero attached hydrogens (tertiary/aromatic N) is 1. The third-order valence-corrected chi connectivity index (χ3v) is 18.8. The van der Waals surface area contributed by atoms with Crippen LogP contribution >= 0.6 is 11.6 Å². The Bertz CT molecular complexity index is 2220. The maximum atomic E-state index is 13.9. The van der Waals surface area contributed by atoms with Gasteiger partial charge in [-0.15, -0.1) is 0 Å². The second-order valence-corrected chi connectivity index (χ2v) is 23.9. The number of ether oxygens (including phenoxy) is 2. The van der Waals surface area contributed by atoms with Gasteiger partial charge in [0.2, 0.25) is 15.9 Å². The number of esters is 1. The number of anilines is 1. The Morgan fingerprint density at radius 1 is 1.00 bits per heavy atom. The van der Waals surface area contributed by atoms with Crippen molar-refractivity contribution < 1.29 is 31.9 Å². The van der Waals surface area contributed by atoms with Crippen LogP contribution < -0.4 is 30.5 Å². The van der Waals surface area contributed by atoms with Gasteiger partial charge in [-0.2, -0.15) is 0 Å². The molecule has 1 unspecified atom stereocenters. The average molecular weight is 859 g/mol. The Kier molecular flexibility index (Phi) is 12.7. The number of carbonyl (C=O) groups excluding carboxylic acids is 2. The highest BCUT2D eigenvalue weighted by atomic mass is 35.5. The highest BCUT2D eigenvalue weighted by molar-refractivity contribution is 7.89. The molecule has 1 heterocycles. The van der Waals surface area contributed by atoms with Crippen LogP contribution in [0.3, 0.4) is 0 Å². The molecule has 0 saturated heterocycles. The highest BCUT2D eigenvalue weighted by Gasteiger charge is 2.54. The predicted octanol–water partition coefficient (Wildman–Crippen LogP) is 6.37. The van der Waals surface area contributed by atoms with Crippen LogP contribution in [0, 0.1) is 11.8 Å². The Morgan fingerprint density at radius 3 is 2.31 bits per heavy atom. The Labute approximate surface area is 354 Å². The van der Waals surface area contributed by atoms with E-state index in [1.807, 2.05) is 54.6 Å². The Balaban J connectivity index is 1.28. The summed E-state index contributed by atoms with van der Waals surface area (Å²) in [5, 5.41) is 10.7. The van der Waals surface area contributed by atoms with E-state index in [4.69, 9.17) is 30.6 Å². The lowest BCUT2D eigenvalue weighted by atomic mass is 9.68. The minimum absolute atomic E-state index is 0.00884. The molecule has 0 bridgehead atoms. The number of rotatable bonds is 13. The van der Waals surface area contributed by atoms with Gasteiger partial charge in [-0.25, -0.2) is 18.4 Å². The molecule has 4 aromatic rings. The number of hydrogen-bond acceptors (Lipinski definition) is 8. The van der Waals surface area contributed by atoms with Crippen molar-refractivity contribution in [3.8, 4) is 5.75 Å². The summed E-state index contributed by atoms with van der Waals surface area (Å²) in [6, 6.07) is 32.5. The first-order valence-electron chi connectivity index (χ1n) is 20.6. The number of benzene rings is 4. The maximum absolute atomic E-state index is 13.9. The lowest BCUT2D eigenvalue weighted by molar-refractivity contribution is -0.124. The van der Waals surface area contributed by atoms with Crippen LogP contribution in [-0.4, -0.2) is 73.8 Å². The molecule has 10 nitrogen and oxygen atoms in total. The number of sulfonamides is 1. The molecule has 13 heteroatoms. The summed E-state index contributed by atoms with van der Waals surface area (Å²) in [5.41, 5.74) is 3.44. The van der Waals surface area contributed by atoms with Crippen molar-refractivity contribution in [3.63, 3.8) is 0 Å². The molecule has 1 aliphatic heterocycles. The minimum Gasteiger partial charge on any atom is -0.490 e. The van der Waals surface area contributed by atoms with E-state index in [1.54, 1.807) is 6.07 Å². The zero-order valence-corrected chi connectivity index (χ0v) is 37.0. The number of fused-ring (bicyclic) bond motifs is 3. The fourth-order valence-corrected chi connectivity index (χ4v) is 15.0. The molecular weight excluding hydrogens is 802 g/mol. The average Bonchev–Trinajstić information content (AvgIpc) is 3.34. The summed E-state index contributed by atoms with van der Waals surface area (Å²) in [6.45, 7) is 8.38. The number of halogens is 1. The van der Waals surface area contributed by atoms with Crippen LogP contribution in [-0.2, 0) is 35.8 Å². The van der Waals surface area contributed by atoms with Gasteiger partial charge in [-0.3, -0.25) is 4.79 Å². The van der Waals surface area contributed by atoms with Crippen molar-refractivity contribution in [1.82, 2.24) is 5.32 Å². The van der Waals surface area contributed by atoms with Gasteiger partial charge >= 0.3 is 5.97 Å². The zero-order valence-electron chi connectivity index (χ0n) is 34.4. The van der Waals surface area contributed by atoms with Gasteiger partial charge in [-0.05, 0) is 101 Å². The zero-order chi connectivity index (χ0) is 42.0. The van der Waals surface area contributed by atoms with Crippen molar-refractivity contribution in [1.29, 1.82) is 0 Å². The van der Waals surface area contributed by atoms with E-state index in [0.29, 0.717) is 31.0 Å². The smallest absolute Gasteiger partial charge is 0.337 e. The summed E-state index contributed by atoms with van der Waals surface area (Å²) in [5.74, 6) is -0.237. The number of primary sulfonamides is 1. The first kappa shape index (κ1) is 42.9. The molecule has 314 valence electrons. The van der Waals surface area contributed by atoms with Crippen LogP contribution in [0.25, 0.3) is 0 Å². The van der Waals surface area contributed by atoms with E-state index in [-0.39, 0.29) is 46.9 Å². The normalized spacial score (nSPS) is 20.9. The third-order valence-electron chi connectivity index (χ3n) is 12.7. The summed E-state index contributed by atoms with van der Waals surface area (Å²) in [4.78, 5) is 29.2. The van der Waals surface area contributed by atoms with Crippen LogP contribution in [0.4, 0.5) is 5.69 Å². The summed E-state index contributed by atoms with van der Waals surface area (Å²) in [7, 11) is -5.50. The van der Waals surface area contributed by atoms with Crippen molar-refractivity contribution >= 4 is 57.9 Å². The molecule has 1 amide bonds. The van der Waals surface area contributed by atoms with Gasteiger partial charge in [0, 0.05) is 30.1 Å². The van der Waals surface area contributed by atoms with Gasteiger partial charge < -0.3 is 24.1 Å². The summed E-state index contributed by atoms with van der Waals surface area (Å²) < 4.78 is 43.2. The van der Waals surface area contributed by atoms with Crippen LogP contribution in [0.5, 0.6) is 5.75 Å². The highest BCUT2D eigenvalue weighted by Crippen LogP contribution is 2.48. The molecular formula is C46H56ClN3O7SSi. The molecule has 0 radical (unpaired) electrons. The maximum Gasteiger partial charge on any atom is 0.337 e. The number of aryl methyl sites for hydroxylation is 1. The molecule has 1 fully saturated rings. The molecule has 1 spiro atoms. The number of amides is 1. The van der Waals surface area contributed by atoms with Gasteiger partial charge in [0.05, 0.1) is 43.2 Å². The van der Waals surface area contributed by atoms with Gasteiger partial charge in [0.25, 0.3) is 8.32 Å². The lowest BCUT2D eigenvalue weighted by Gasteiger charge is -2.51.